The van der Waals surface area contributed by atoms with Gasteiger partial charge in [-0.25, -0.2) is 4.98 Å². The molecule has 0 unspecified atom stereocenters. The number of carbonyl (C=O) groups is 1. The number of aromatic nitrogens is 2. The molecule has 0 N–H and O–H groups in total. The first-order valence-electron chi connectivity index (χ1n) is 7.04. The highest BCUT2D eigenvalue weighted by Crippen LogP contribution is 2.47. The molecule has 20 heavy (non-hydrogen) atoms. The topological polar surface area (TPSA) is 58.6 Å². The Morgan fingerprint density at radius 3 is 2.60 bits per heavy atom. The van der Waals surface area contributed by atoms with Crippen molar-refractivity contribution in [2.75, 3.05) is 44.8 Å². The van der Waals surface area contributed by atoms with Crippen LogP contribution in [0.5, 0.6) is 0 Å². The Labute approximate surface area is 118 Å². The van der Waals surface area contributed by atoms with E-state index >= 15 is 0 Å². The molecule has 0 radical (unpaired) electrons. The third-order valence-corrected chi connectivity index (χ3v) is 4.17. The van der Waals surface area contributed by atoms with Crippen molar-refractivity contribution in [3.8, 4) is 0 Å². The van der Waals surface area contributed by atoms with E-state index in [1.807, 2.05) is 4.90 Å². The summed E-state index contributed by atoms with van der Waals surface area (Å²) in [5, 5.41) is 0. The zero-order valence-electron chi connectivity index (χ0n) is 11.8. The molecule has 108 valence electrons. The van der Waals surface area contributed by atoms with Crippen LogP contribution in [0.2, 0.25) is 0 Å². The summed E-state index contributed by atoms with van der Waals surface area (Å²) in [6, 6.07) is 0. The zero-order valence-corrected chi connectivity index (χ0v) is 11.8. The van der Waals surface area contributed by atoms with E-state index in [-0.39, 0.29) is 11.3 Å². The lowest BCUT2D eigenvalue weighted by Gasteiger charge is -2.36. The van der Waals surface area contributed by atoms with Crippen LogP contribution in [-0.4, -0.2) is 60.7 Å². The molecule has 6 nitrogen and oxygen atoms in total. The number of amides is 1. The normalized spacial score (nSPS) is 20.9. The van der Waals surface area contributed by atoms with Gasteiger partial charge in [-0.3, -0.25) is 9.78 Å². The number of piperazine rings is 1. The first kappa shape index (κ1) is 13.3. The van der Waals surface area contributed by atoms with E-state index in [1.165, 1.54) is 0 Å². The molecule has 0 spiro atoms. The summed E-state index contributed by atoms with van der Waals surface area (Å²) in [7, 11) is 1.67. The van der Waals surface area contributed by atoms with Gasteiger partial charge in [-0.05, 0) is 12.8 Å². The van der Waals surface area contributed by atoms with Crippen molar-refractivity contribution in [3.63, 3.8) is 0 Å². The fraction of sp³-hybridized carbons (Fsp3) is 0.643. The number of carbonyl (C=O) groups excluding carboxylic acids is 1. The lowest BCUT2D eigenvalue weighted by Crippen LogP contribution is -2.51. The third-order valence-electron chi connectivity index (χ3n) is 4.17. The van der Waals surface area contributed by atoms with Gasteiger partial charge >= 0.3 is 0 Å². The smallest absolute Gasteiger partial charge is 0.231 e. The molecule has 6 heteroatoms. The van der Waals surface area contributed by atoms with Gasteiger partial charge in [-0.15, -0.1) is 0 Å². The molecule has 3 rings (SSSR count). The lowest BCUT2D eigenvalue weighted by molar-refractivity contribution is -0.139. The Morgan fingerprint density at radius 2 is 2.05 bits per heavy atom. The highest BCUT2D eigenvalue weighted by atomic mass is 16.5. The summed E-state index contributed by atoms with van der Waals surface area (Å²) >= 11 is 0. The summed E-state index contributed by atoms with van der Waals surface area (Å²) in [5.74, 6) is 1.15. The molecule has 1 aliphatic heterocycles. The predicted molar refractivity (Wildman–Crippen MR) is 74.4 cm³/mol. The van der Waals surface area contributed by atoms with E-state index in [2.05, 4.69) is 14.9 Å². The average Bonchev–Trinajstić information content (AvgIpc) is 3.29. The minimum atomic E-state index is -0.219. The SMILES string of the molecule is COCC1(C(=O)N2CCN(c3cnccn3)CC2)CC1. The maximum atomic E-state index is 12.5. The van der Waals surface area contributed by atoms with E-state index in [1.54, 1.807) is 25.7 Å². The monoisotopic (exact) mass is 276 g/mol. The molecule has 1 saturated carbocycles. The summed E-state index contributed by atoms with van der Waals surface area (Å²) < 4.78 is 5.20. The average molecular weight is 276 g/mol. The van der Waals surface area contributed by atoms with E-state index in [0.29, 0.717) is 6.61 Å². The fourth-order valence-electron chi connectivity index (χ4n) is 2.78. The van der Waals surface area contributed by atoms with Crippen LogP contribution in [0.4, 0.5) is 5.82 Å². The van der Waals surface area contributed by atoms with Gasteiger partial charge in [0.25, 0.3) is 0 Å². The van der Waals surface area contributed by atoms with E-state index in [0.717, 1.165) is 44.8 Å². The minimum Gasteiger partial charge on any atom is -0.384 e. The van der Waals surface area contributed by atoms with Crippen LogP contribution < -0.4 is 4.90 Å². The van der Waals surface area contributed by atoms with E-state index in [9.17, 15) is 4.79 Å². The summed E-state index contributed by atoms with van der Waals surface area (Å²) in [6.45, 7) is 3.68. The number of hydrogen-bond donors (Lipinski definition) is 0. The van der Waals surface area contributed by atoms with Gasteiger partial charge in [0.05, 0.1) is 18.2 Å². The van der Waals surface area contributed by atoms with Gasteiger partial charge in [-0.1, -0.05) is 0 Å². The molecule has 0 aromatic carbocycles. The van der Waals surface area contributed by atoms with Gasteiger partial charge < -0.3 is 14.5 Å². The van der Waals surface area contributed by atoms with Crippen LogP contribution in [0.25, 0.3) is 0 Å². The summed E-state index contributed by atoms with van der Waals surface area (Å²) in [4.78, 5) is 25.0. The predicted octanol–water partition coefficient (Wildman–Crippen LogP) is 0.552. The lowest BCUT2D eigenvalue weighted by atomic mass is 10.1. The van der Waals surface area contributed by atoms with Crippen molar-refractivity contribution in [1.29, 1.82) is 0 Å². The maximum Gasteiger partial charge on any atom is 0.231 e. The largest absolute Gasteiger partial charge is 0.384 e. The summed E-state index contributed by atoms with van der Waals surface area (Å²) in [5.41, 5.74) is -0.219. The third kappa shape index (κ3) is 2.47. The molecule has 0 bridgehead atoms. The van der Waals surface area contributed by atoms with Gasteiger partial charge in [0.15, 0.2) is 0 Å². The van der Waals surface area contributed by atoms with Crippen LogP contribution in [0.1, 0.15) is 12.8 Å². The standard InChI is InChI=1S/C14H20N4O2/c1-20-11-14(2-3-14)13(19)18-8-6-17(7-9-18)12-10-15-4-5-16-12/h4-5,10H,2-3,6-9,11H2,1H3. The van der Waals surface area contributed by atoms with Crippen LogP contribution >= 0.6 is 0 Å². The molecule has 2 fully saturated rings. The fourth-order valence-corrected chi connectivity index (χ4v) is 2.78. The number of anilines is 1. The number of rotatable bonds is 4. The number of ether oxygens (including phenoxy) is 1. The van der Waals surface area contributed by atoms with Crippen LogP contribution in [0, 0.1) is 5.41 Å². The maximum absolute atomic E-state index is 12.5. The van der Waals surface area contributed by atoms with Gasteiger partial charge in [0.1, 0.15) is 5.82 Å². The molecule has 1 aromatic rings. The van der Waals surface area contributed by atoms with Crippen LogP contribution in [-0.2, 0) is 9.53 Å². The second kappa shape index (κ2) is 5.36. The molecular formula is C14H20N4O2. The minimum absolute atomic E-state index is 0.219. The van der Waals surface area contributed by atoms with Crippen molar-refractivity contribution in [2.24, 2.45) is 5.41 Å². The van der Waals surface area contributed by atoms with Crippen LogP contribution in [0.15, 0.2) is 18.6 Å². The Kier molecular flexibility index (Phi) is 3.56. The van der Waals surface area contributed by atoms with Crippen molar-refractivity contribution in [3.05, 3.63) is 18.6 Å². The van der Waals surface area contributed by atoms with Crippen LogP contribution in [0.3, 0.4) is 0 Å². The van der Waals surface area contributed by atoms with Crippen molar-refractivity contribution >= 4 is 11.7 Å². The van der Waals surface area contributed by atoms with Gasteiger partial charge in [-0.2, -0.15) is 0 Å². The first-order chi connectivity index (χ1) is 9.75. The van der Waals surface area contributed by atoms with Gasteiger partial charge in [0.2, 0.25) is 5.91 Å². The number of nitrogens with zero attached hydrogens (tertiary/aromatic N) is 4. The number of methoxy groups -OCH3 is 1. The Bertz CT molecular complexity index is 467. The van der Waals surface area contributed by atoms with Crippen molar-refractivity contribution in [2.45, 2.75) is 12.8 Å². The molecular weight excluding hydrogens is 256 g/mol. The van der Waals surface area contributed by atoms with E-state index in [4.69, 9.17) is 4.74 Å². The molecule has 2 aliphatic rings. The second-order valence-electron chi connectivity index (χ2n) is 5.56. The molecule has 0 atom stereocenters. The van der Waals surface area contributed by atoms with E-state index < -0.39 is 0 Å². The Hall–Kier alpha value is -1.69. The Balaban J connectivity index is 1.58. The van der Waals surface area contributed by atoms with Crippen molar-refractivity contribution in [1.82, 2.24) is 14.9 Å². The molecule has 1 aliphatic carbocycles. The first-order valence-corrected chi connectivity index (χ1v) is 7.04. The molecule has 1 saturated heterocycles. The molecule has 2 heterocycles. The Morgan fingerprint density at radius 1 is 1.30 bits per heavy atom. The van der Waals surface area contributed by atoms with Crippen molar-refractivity contribution < 1.29 is 9.53 Å². The quantitative estimate of drug-likeness (QED) is 0.804. The summed E-state index contributed by atoms with van der Waals surface area (Å²) in [6.07, 6.45) is 7.06. The van der Waals surface area contributed by atoms with Gasteiger partial charge in [0, 0.05) is 45.7 Å². The molecule has 1 amide bonds. The highest BCUT2D eigenvalue weighted by Gasteiger charge is 2.52. The highest BCUT2D eigenvalue weighted by molar-refractivity contribution is 5.85. The zero-order chi connectivity index (χ0) is 14.0. The second-order valence-corrected chi connectivity index (χ2v) is 5.56. The molecule has 1 aromatic heterocycles. The number of hydrogen-bond acceptors (Lipinski definition) is 5.